The number of ether oxygens (including phenoxy) is 1. The Labute approximate surface area is 183 Å². The van der Waals surface area contributed by atoms with E-state index in [2.05, 4.69) is 34.8 Å². The molecule has 30 heavy (non-hydrogen) atoms. The van der Waals surface area contributed by atoms with Gasteiger partial charge in [0.15, 0.2) is 10.2 Å². The molecule has 7 nitrogen and oxygen atoms in total. The number of amides is 2. The summed E-state index contributed by atoms with van der Waals surface area (Å²) < 4.78 is 6.55. The van der Waals surface area contributed by atoms with E-state index in [1.165, 1.54) is 18.3 Å². The number of nitrogens with one attached hydrogen (secondary N) is 3. The minimum Gasteiger partial charge on any atom is -0.493 e. The Morgan fingerprint density at radius 3 is 2.70 bits per heavy atom. The highest BCUT2D eigenvalue weighted by molar-refractivity contribution is 7.80. The summed E-state index contributed by atoms with van der Waals surface area (Å²) in [6, 6.07) is 12.4. The molecule has 0 aliphatic carbocycles. The summed E-state index contributed by atoms with van der Waals surface area (Å²) in [5.74, 6) is 0.551. The summed E-state index contributed by atoms with van der Waals surface area (Å²) in [5.41, 5.74) is 1.91. The molecule has 3 aromatic rings. The maximum atomic E-state index is 12.5. The van der Waals surface area contributed by atoms with E-state index < -0.39 is 0 Å². The van der Waals surface area contributed by atoms with E-state index in [0.717, 1.165) is 10.2 Å². The van der Waals surface area contributed by atoms with Crippen molar-refractivity contribution in [1.82, 2.24) is 10.3 Å². The molecule has 0 atom stereocenters. The number of hydrogen-bond acceptors (Lipinski definition) is 6. The van der Waals surface area contributed by atoms with Gasteiger partial charge in [-0.3, -0.25) is 14.9 Å². The number of carbonyl (C=O) groups is 2. The van der Waals surface area contributed by atoms with Crippen molar-refractivity contribution in [2.24, 2.45) is 5.92 Å². The van der Waals surface area contributed by atoms with Gasteiger partial charge in [-0.1, -0.05) is 31.3 Å². The highest BCUT2D eigenvalue weighted by Gasteiger charge is 2.12. The molecule has 2 aromatic carbocycles. The van der Waals surface area contributed by atoms with Crippen molar-refractivity contribution < 1.29 is 14.3 Å². The highest BCUT2D eigenvalue weighted by atomic mass is 32.1. The van der Waals surface area contributed by atoms with Gasteiger partial charge in [0.05, 0.1) is 16.8 Å². The number of hydrogen-bond donors (Lipinski definition) is 3. The highest BCUT2D eigenvalue weighted by Crippen LogP contribution is 2.28. The summed E-state index contributed by atoms with van der Waals surface area (Å²) in [4.78, 5) is 28.2. The number of thiocarbonyl (C=S) groups is 1. The van der Waals surface area contributed by atoms with Crippen LogP contribution in [0, 0.1) is 5.92 Å². The van der Waals surface area contributed by atoms with Crippen LogP contribution in [0.3, 0.4) is 0 Å². The van der Waals surface area contributed by atoms with Gasteiger partial charge in [-0.25, -0.2) is 4.98 Å². The zero-order valence-electron chi connectivity index (χ0n) is 16.8. The molecule has 0 spiro atoms. The van der Waals surface area contributed by atoms with E-state index in [1.807, 2.05) is 18.2 Å². The van der Waals surface area contributed by atoms with Crippen molar-refractivity contribution in [3.8, 4) is 5.75 Å². The Morgan fingerprint density at radius 2 is 1.97 bits per heavy atom. The van der Waals surface area contributed by atoms with E-state index in [1.54, 1.807) is 24.3 Å². The van der Waals surface area contributed by atoms with Gasteiger partial charge in [0.2, 0.25) is 5.91 Å². The smallest absolute Gasteiger partial charge is 0.257 e. The summed E-state index contributed by atoms with van der Waals surface area (Å²) in [6.45, 7) is 6.15. The second kappa shape index (κ2) is 9.64. The number of nitrogens with zero attached hydrogens (tertiary/aromatic N) is 1. The lowest BCUT2D eigenvalue weighted by atomic mass is 10.2. The molecule has 1 heterocycles. The molecule has 1 aromatic heterocycles. The van der Waals surface area contributed by atoms with Gasteiger partial charge in [-0.15, -0.1) is 0 Å². The topological polar surface area (TPSA) is 92.4 Å². The monoisotopic (exact) mass is 442 g/mol. The third-order valence-corrected chi connectivity index (χ3v) is 4.97. The zero-order chi connectivity index (χ0) is 21.7. The van der Waals surface area contributed by atoms with Crippen molar-refractivity contribution in [2.75, 3.05) is 17.2 Å². The maximum Gasteiger partial charge on any atom is 0.257 e. The van der Waals surface area contributed by atoms with Crippen LogP contribution in [0.2, 0.25) is 0 Å². The molecular weight excluding hydrogens is 420 g/mol. The Morgan fingerprint density at radius 1 is 1.17 bits per heavy atom. The van der Waals surface area contributed by atoms with Crippen LogP contribution in [0.1, 0.15) is 31.1 Å². The Hall–Kier alpha value is -3.04. The van der Waals surface area contributed by atoms with Gasteiger partial charge in [0, 0.05) is 18.2 Å². The van der Waals surface area contributed by atoms with E-state index in [0.29, 0.717) is 34.7 Å². The fourth-order valence-corrected chi connectivity index (χ4v) is 3.72. The molecule has 3 N–H and O–H groups in total. The maximum absolute atomic E-state index is 12.5. The largest absolute Gasteiger partial charge is 0.493 e. The molecule has 0 fully saturated rings. The van der Waals surface area contributed by atoms with Gasteiger partial charge in [0.1, 0.15) is 5.75 Å². The number of rotatable bonds is 6. The first-order valence-corrected chi connectivity index (χ1v) is 10.6. The molecule has 0 saturated carbocycles. The lowest BCUT2D eigenvalue weighted by molar-refractivity contribution is -0.114. The summed E-state index contributed by atoms with van der Waals surface area (Å²) in [7, 11) is 0. The molecule has 0 radical (unpaired) electrons. The molecule has 2 amide bonds. The Balaban J connectivity index is 1.63. The molecule has 0 bridgehead atoms. The van der Waals surface area contributed by atoms with Gasteiger partial charge in [-0.05, 0) is 54.5 Å². The van der Waals surface area contributed by atoms with Crippen LogP contribution in [-0.4, -0.2) is 28.5 Å². The van der Waals surface area contributed by atoms with Crippen molar-refractivity contribution in [2.45, 2.75) is 20.8 Å². The van der Waals surface area contributed by atoms with Gasteiger partial charge < -0.3 is 15.4 Å². The third-order valence-electron chi connectivity index (χ3n) is 3.84. The molecule has 0 aliphatic rings. The van der Waals surface area contributed by atoms with Crippen LogP contribution in [0.5, 0.6) is 5.75 Å². The Bertz CT molecular complexity index is 1090. The molecule has 0 aliphatic heterocycles. The quantitative estimate of drug-likeness (QED) is 0.490. The van der Waals surface area contributed by atoms with Crippen LogP contribution in [0.4, 0.5) is 10.8 Å². The van der Waals surface area contributed by atoms with Crippen molar-refractivity contribution in [1.29, 1.82) is 0 Å². The summed E-state index contributed by atoms with van der Waals surface area (Å²) >= 11 is 6.62. The normalized spacial score (nSPS) is 10.7. The third kappa shape index (κ3) is 5.98. The lowest BCUT2D eigenvalue weighted by Crippen LogP contribution is -2.34. The Kier molecular flexibility index (Phi) is 6.96. The minimum atomic E-state index is -0.337. The zero-order valence-corrected chi connectivity index (χ0v) is 18.4. The van der Waals surface area contributed by atoms with E-state index >= 15 is 0 Å². The average Bonchev–Trinajstić information content (AvgIpc) is 3.07. The number of fused-ring (bicyclic) bond motifs is 1. The van der Waals surface area contributed by atoms with Crippen LogP contribution < -0.4 is 20.7 Å². The second-order valence-electron chi connectivity index (χ2n) is 7.02. The molecule has 3 rings (SSSR count). The predicted octanol–water partition coefficient (Wildman–Crippen LogP) is 4.42. The lowest BCUT2D eigenvalue weighted by Gasteiger charge is -2.10. The van der Waals surface area contributed by atoms with E-state index in [-0.39, 0.29) is 16.9 Å². The number of thiazole rings is 1. The van der Waals surface area contributed by atoms with E-state index in [9.17, 15) is 9.59 Å². The average molecular weight is 443 g/mol. The molecular formula is C21H22N4O3S2. The van der Waals surface area contributed by atoms with Crippen LogP contribution >= 0.6 is 23.6 Å². The SMILES string of the molecule is CC(=O)Nc1ccc2nc(NC(=S)NC(=O)c3cccc(OCC(C)C)c3)sc2c1. The van der Waals surface area contributed by atoms with Crippen LogP contribution in [-0.2, 0) is 4.79 Å². The summed E-state index contributed by atoms with van der Waals surface area (Å²) in [5, 5.41) is 9.02. The number of benzene rings is 2. The van der Waals surface area contributed by atoms with Gasteiger partial charge in [-0.2, -0.15) is 0 Å². The molecule has 0 saturated heterocycles. The fraction of sp³-hybridized carbons (Fsp3) is 0.238. The van der Waals surface area contributed by atoms with Crippen molar-refractivity contribution >= 4 is 61.5 Å². The summed E-state index contributed by atoms with van der Waals surface area (Å²) in [6.07, 6.45) is 0. The van der Waals surface area contributed by atoms with Crippen molar-refractivity contribution in [3.63, 3.8) is 0 Å². The number of carbonyl (C=O) groups excluding carboxylic acids is 2. The first kappa shape index (κ1) is 21.7. The standard InChI is InChI=1S/C21H22N4O3S2/c1-12(2)11-28-16-6-4-5-14(9-16)19(27)24-20(29)25-21-23-17-8-7-15(22-13(3)26)10-18(17)30-21/h4-10,12H,11H2,1-3H3,(H,22,26)(H2,23,24,25,27,29). The van der Waals surface area contributed by atoms with Crippen molar-refractivity contribution in [3.05, 3.63) is 48.0 Å². The molecule has 0 unspecified atom stereocenters. The fourth-order valence-electron chi connectivity index (χ4n) is 2.55. The predicted molar refractivity (Wildman–Crippen MR) is 124 cm³/mol. The number of aromatic nitrogens is 1. The first-order chi connectivity index (χ1) is 14.3. The van der Waals surface area contributed by atoms with Gasteiger partial charge in [0.25, 0.3) is 5.91 Å². The van der Waals surface area contributed by atoms with Crippen LogP contribution in [0.15, 0.2) is 42.5 Å². The van der Waals surface area contributed by atoms with Crippen LogP contribution in [0.25, 0.3) is 10.2 Å². The number of anilines is 2. The molecule has 9 heteroatoms. The minimum absolute atomic E-state index is 0.139. The second-order valence-corrected chi connectivity index (χ2v) is 8.46. The first-order valence-electron chi connectivity index (χ1n) is 9.33. The molecule has 156 valence electrons. The van der Waals surface area contributed by atoms with E-state index in [4.69, 9.17) is 17.0 Å². The van der Waals surface area contributed by atoms with Gasteiger partial charge >= 0.3 is 0 Å².